The van der Waals surface area contributed by atoms with Gasteiger partial charge in [0.05, 0.1) is 25.1 Å². The van der Waals surface area contributed by atoms with Crippen LogP contribution in [-0.2, 0) is 6.54 Å². The Labute approximate surface area is 201 Å². The molecule has 6 rings (SSSR count). The van der Waals surface area contributed by atoms with Crippen LogP contribution in [0.3, 0.4) is 0 Å². The van der Waals surface area contributed by atoms with Crippen molar-refractivity contribution in [2.75, 3.05) is 20.2 Å². The minimum atomic E-state index is -0.475. The standard InChI is InChI=1S/C26H26BrN3O3/c1-31-24-15-19(27)14-20-22-16-21(23-8-5-13-32-23)28-30(22)26(33-25(20)24)9-11-29(12-10-26)17-18-6-3-2-4-7-18/h2-8,13-16,22,28H,9-12,17H2,1H3. The first-order valence-electron chi connectivity index (χ1n) is 11.3. The third kappa shape index (κ3) is 3.64. The molecular formula is C26H26BrN3O3. The van der Waals surface area contributed by atoms with E-state index in [0.29, 0.717) is 0 Å². The van der Waals surface area contributed by atoms with Gasteiger partial charge in [0.2, 0.25) is 0 Å². The van der Waals surface area contributed by atoms with Crippen molar-refractivity contribution in [3.63, 3.8) is 0 Å². The van der Waals surface area contributed by atoms with Crippen LogP contribution in [0.2, 0.25) is 0 Å². The molecule has 170 valence electrons. The summed E-state index contributed by atoms with van der Waals surface area (Å²) < 4.78 is 19.2. The SMILES string of the molecule is COc1cc(Br)cc2c1OC1(CCN(Cc3ccccc3)CC1)N1NC(c3ccco3)=CC21. The van der Waals surface area contributed by atoms with Gasteiger partial charge in [-0.25, -0.2) is 0 Å². The summed E-state index contributed by atoms with van der Waals surface area (Å²) in [5.41, 5.74) is 6.53. The summed E-state index contributed by atoms with van der Waals surface area (Å²) in [6.07, 6.45) is 5.68. The molecule has 2 aromatic carbocycles. The quantitative estimate of drug-likeness (QED) is 0.514. The molecule has 3 aromatic rings. The van der Waals surface area contributed by atoms with E-state index in [0.717, 1.165) is 65.5 Å². The van der Waals surface area contributed by atoms with Gasteiger partial charge in [-0.15, -0.1) is 0 Å². The lowest BCUT2D eigenvalue weighted by atomic mass is 9.92. The maximum Gasteiger partial charge on any atom is 0.183 e. The minimum absolute atomic E-state index is 0.0147. The van der Waals surface area contributed by atoms with Gasteiger partial charge in [0.25, 0.3) is 0 Å². The average molecular weight is 508 g/mol. The van der Waals surface area contributed by atoms with E-state index in [-0.39, 0.29) is 6.04 Å². The van der Waals surface area contributed by atoms with Crippen molar-refractivity contribution in [2.24, 2.45) is 0 Å². The van der Waals surface area contributed by atoms with Crippen LogP contribution >= 0.6 is 15.9 Å². The molecule has 1 saturated heterocycles. The number of ether oxygens (including phenoxy) is 2. The van der Waals surface area contributed by atoms with Gasteiger partial charge in [-0.3, -0.25) is 4.90 Å². The van der Waals surface area contributed by atoms with Crippen LogP contribution in [0.15, 0.2) is 75.8 Å². The van der Waals surface area contributed by atoms with Gasteiger partial charge in [-0.05, 0) is 35.9 Å². The number of likely N-dealkylation sites (tertiary alicyclic amines) is 1. The van der Waals surface area contributed by atoms with Crippen LogP contribution in [-0.4, -0.2) is 35.8 Å². The van der Waals surface area contributed by atoms with E-state index in [9.17, 15) is 0 Å². The molecule has 1 aromatic heterocycles. The van der Waals surface area contributed by atoms with Crippen molar-refractivity contribution in [2.45, 2.75) is 31.2 Å². The second kappa shape index (κ2) is 8.24. The maximum atomic E-state index is 6.84. The summed E-state index contributed by atoms with van der Waals surface area (Å²) in [6.45, 7) is 2.85. The van der Waals surface area contributed by atoms with Gasteiger partial charge in [0.1, 0.15) is 0 Å². The van der Waals surface area contributed by atoms with Gasteiger partial charge in [-0.2, -0.15) is 5.01 Å². The number of methoxy groups -OCH3 is 1. The molecule has 0 bridgehead atoms. The van der Waals surface area contributed by atoms with Gasteiger partial charge in [-0.1, -0.05) is 46.3 Å². The fraction of sp³-hybridized carbons (Fsp3) is 0.308. The molecule has 1 fully saturated rings. The lowest BCUT2D eigenvalue weighted by molar-refractivity contribution is -0.161. The molecule has 0 amide bonds. The summed E-state index contributed by atoms with van der Waals surface area (Å²) in [5, 5.41) is 2.28. The van der Waals surface area contributed by atoms with Gasteiger partial charge < -0.3 is 19.3 Å². The number of hydrazine groups is 1. The fourth-order valence-electron chi connectivity index (χ4n) is 5.18. The van der Waals surface area contributed by atoms with Crippen LogP contribution in [0.25, 0.3) is 5.70 Å². The molecule has 7 heteroatoms. The predicted molar refractivity (Wildman–Crippen MR) is 129 cm³/mol. The van der Waals surface area contributed by atoms with E-state index >= 15 is 0 Å². The number of furan rings is 1. The molecule has 3 aliphatic rings. The molecule has 0 saturated carbocycles. The van der Waals surface area contributed by atoms with Crippen molar-refractivity contribution < 1.29 is 13.9 Å². The van der Waals surface area contributed by atoms with E-state index in [1.165, 1.54) is 5.56 Å². The number of hydrogen-bond donors (Lipinski definition) is 1. The van der Waals surface area contributed by atoms with Gasteiger partial charge in [0, 0.05) is 42.5 Å². The summed E-state index contributed by atoms with van der Waals surface area (Å²) in [5.74, 6) is 2.41. The Bertz CT molecular complexity index is 1170. The van der Waals surface area contributed by atoms with Crippen LogP contribution in [0.5, 0.6) is 11.5 Å². The van der Waals surface area contributed by atoms with Crippen molar-refractivity contribution >= 4 is 21.6 Å². The second-order valence-corrected chi connectivity index (χ2v) is 9.74. The molecule has 4 heterocycles. The number of benzene rings is 2. The van der Waals surface area contributed by atoms with E-state index in [1.54, 1.807) is 13.4 Å². The number of halogens is 1. The Morgan fingerprint density at radius 3 is 2.67 bits per heavy atom. The third-order valence-electron chi connectivity index (χ3n) is 6.83. The summed E-state index contributed by atoms with van der Waals surface area (Å²) in [4.78, 5) is 2.50. The zero-order chi connectivity index (χ0) is 22.4. The predicted octanol–water partition coefficient (Wildman–Crippen LogP) is 5.34. The van der Waals surface area contributed by atoms with Crippen molar-refractivity contribution in [1.29, 1.82) is 0 Å². The van der Waals surface area contributed by atoms with Crippen molar-refractivity contribution in [3.05, 3.63) is 88.3 Å². The van der Waals surface area contributed by atoms with Crippen LogP contribution in [0.1, 0.15) is 35.8 Å². The molecule has 0 radical (unpaired) electrons. The molecular weight excluding hydrogens is 482 g/mol. The van der Waals surface area contributed by atoms with Crippen molar-refractivity contribution in [1.82, 2.24) is 15.3 Å². The Hall–Kier alpha value is -2.74. The first kappa shape index (κ1) is 20.8. The smallest absolute Gasteiger partial charge is 0.183 e. The second-order valence-electron chi connectivity index (χ2n) is 8.82. The fourth-order valence-corrected chi connectivity index (χ4v) is 5.63. The monoisotopic (exact) mass is 507 g/mol. The summed E-state index contributed by atoms with van der Waals surface area (Å²) >= 11 is 3.64. The Kier molecular flexibility index (Phi) is 5.20. The number of nitrogens with one attached hydrogen (secondary N) is 1. The third-order valence-corrected chi connectivity index (χ3v) is 7.29. The average Bonchev–Trinajstić information content (AvgIpc) is 3.52. The van der Waals surface area contributed by atoms with E-state index < -0.39 is 5.72 Å². The molecule has 1 atom stereocenters. The molecule has 0 aliphatic carbocycles. The Balaban J connectivity index is 1.33. The number of rotatable bonds is 4. The highest BCUT2D eigenvalue weighted by Gasteiger charge is 2.52. The number of piperidine rings is 1. The van der Waals surface area contributed by atoms with E-state index in [2.05, 4.69) is 73.7 Å². The van der Waals surface area contributed by atoms with Crippen LogP contribution in [0, 0.1) is 0 Å². The Morgan fingerprint density at radius 2 is 1.94 bits per heavy atom. The Morgan fingerprint density at radius 1 is 1.12 bits per heavy atom. The van der Waals surface area contributed by atoms with Crippen LogP contribution in [0.4, 0.5) is 0 Å². The highest BCUT2D eigenvalue weighted by atomic mass is 79.9. The molecule has 1 unspecified atom stereocenters. The first-order valence-corrected chi connectivity index (χ1v) is 12.1. The number of nitrogens with zero attached hydrogens (tertiary/aromatic N) is 2. The van der Waals surface area contributed by atoms with Crippen LogP contribution < -0.4 is 14.9 Å². The highest BCUT2D eigenvalue weighted by molar-refractivity contribution is 9.10. The van der Waals surface area contributed by atoms with E-state index in [4.69, 9.17) is 13.9 Å². The highest BCUT2D eigenvalue weighted by Crippen LogP contribution is 2.52. The normalized spacial score (nSPS) is 21.6. The first-order chi connectivity index (χ1) is 16.1. The molecule has 1 N–H and O–H groups in total. The van der Waals surface area contributed by atoms with Crippen molar-refractivity contribution in [3.8, 4) is 11.5 Å². The van der Waals surface area contributed by atoms with Gasteiger partial charge >= 0.3 is 0 Å². The molecule has 6 nitrogen and oxygen atoms in total. The molecule has 1 spiro atoms. The largest absolute Gasteiger partial charge is 0.493 e. The topological polar surface area (TPSA) is 50.1 Å². The van der Waals surface area contributed by atoms with Gasteiger partial charge in [0.15, 0.2) is 23.0 Å². The summed E-state index contributed by atoms with van der Waals surface area (Å²) in [6, 6.07) is 18.7. The lowest BCUT2D eigenvalue weighted by Gasteiger charge is -2.51. The zero-order valence-corrected chi connectivity index (χ0v) is 20.0. The number of hydrogen-bond acceptors (Lipinski definition) is 6. The maximum absolute atomic E-state index is 6.84. The zero-order valence-electron chi connectivity index (χ0n) is 18.5. The van der Waals surface area contributed by atoms with E-state index in [1.807, 2.05) is 18.2 Å². The lowest BCUT2D eigenvalue weighted by Crippen LogP contribution is -2.63. The summed E-state index contributed by atoms with van der Waals surface area (Å²) in [7, 11) is 1.70. The minimum Gasteiger partial charge on any atom is -0.493 e. The molecule has 33 heavy (non-hydrogen) atoms. The number of fused-ring (bicyclic) bond motifs is 4. The molecule has 3 aliphatic heterocycles.